The summed E-state index contributed by atoms with van der Waals surface area (Å²) >= 11 is 5.97. The standard InChI is InChI=1S/C15H17ClN6O/c16-13-12(4-1-6-18-13)21-15(23)22-8-2-3-10(9-22)11-5-7-19-14(17)20-11/h1,4-7,10H,2-3,8-9H2,(H,21,23)(H2,17,19,20)/t10-/m1/s1. The van der Waals surface area contributed by atoms with Crippen LogP contribution in [0, 0.1) is 0 Å². The number of anilines is 2. The Kier molecular flexibility index (Phi) is 4.57. The minimum atomic E-state index is -0.188. The van der Waals surface area contributed by atoms with Crippen molar-refractivity contribution >= 4 is 29.3 Å². The van der Waals surface area contributed by atoms with Gasteiger partial charge in [0.25, 0.3) is 0 Å². The molecule has 2 amide bonds. The van der Waals surface area contributed by atoms with Crippen LogP contribution in [0.5, 0.6) is 0 Å². The molecule has 120 valence electrons. The van der Waals surface area contributed by atoms with Gasteiger partial charge in [-0.3, -0.25) is 0 Å². The first kappa shape index (κ1) is 15.5. The van der Waals surface area contributed by atoms with Gasteiger partial charge in [0.1, 0.15) is 0 Å². The number of pyridine rings is 1. The van der Waals surface area contributed by atoms with Crippen molar-refractivity contribution in [1.82, 2.24) is 19.9 Å². The molecule has 2 aromatic heterocycles. The monoisotopic (exact) mass is 332 g/mol. The Morgan fingerprint density at radius 3 is 3.00 bits per heavy atom. The van der Waals surface area contributed by atoms with Gasteiger partial charge in [-0.2, -0.15) is 0 Å². The highest BCUT2D eigenvalue weighted by Crippen LogP contribution is 2.26. The van der Waals surface area contributed by atoms with Gasteiger partial charge in [0, 0.05) is 31.4 Å². The molecular formula is C15H17ClN6O. The molecule has 3 N–H and O–H groups in total. The molecule has 1 aliphatic rings. The van der Waals surface area contributed by atoms with Crippen LogP contribution in [0.2, 0.25) is 5.15 Å². The van der Waals surface area contributed by atoms with Crippen molar-refractivity contribution in [2.24, 2.45) is 0 Å². The molecule has 0 radical (unpaired) electrons. The number of rotatable bonds is 2. The number of nitrogens with two attached hydrogens (primary N) is 1. The number of halogens is 1. The maximum absolute atomic E-state index is 12.4. The largest absolute Gasteiger partial charge is 0.368 e. The lowest BCUT2D eigenvalue weighted by Crippen LogP contribution is -2.41. The van der Waals surface area contributed by atoms with Gasteiger partial charge >= 0.3 is 6.03 Å². The number of hydrogen-bond donors (Lipinski definition) is 2. The molecule has 0 spiro atoms. The van der Waals surface area contributed by atoms with Gasteiger partial charge in [-0.05, 0) is 31.0 Å². The number of carbonyl (C=O) groups excluding carboxylic acids is 1. The molecule has 23 heavy (non-hydrogen) atoms. The van der Waals surface area contributed by atoms with Gasteiger partial charge in [0.15, 0.2) is 5.15 Å². The highest BCUT2D eigenvalue weighted by Gasteiger charge is 2.26. The number of aromatic nitrogens is 3. The van der Waals surface area contributed by atoms with Crippen molar-refractivity contribution in [1.29, 1.82) is 0 Å². The van der Waals surface area contributed by atoms with Crippen molar-refractivity contribution in [3.05, 3.63) is 41.4 Å². The lowest BCUT2D eigenvalue weighted by Gasteiger charge is -2.32. The van der Waals surface area contributed by atoms with Crippen LogP contribution in [0.15, 0.2) is 30.6 Å². The second kappa shape index (κ2) is 6.78. The van der Waals surface area contributed by atoms with E-state index < -0.39 is 0 Å². The van der Waals surface area contributed by atoms with E-state index in [-0.39, 0.29) is 23.1 Å². The summed E-state index contributed by atoms with van der Waals surface area (Å²) in [6.07, 6.45) is 5.09. The Balaban J connectivity index is 1.68. The molecule has 1 atom stereocenters. The van der Waals surface area contributed by atoms with Gasteiger partial charge < -0.3 is 16.0 Å². The predicted octanol–water partition coefficient (Wildman–Crippen LogP) is 2.52. The molecule has 8 heteroatoms. The lowest BCUT2D eigenvalue weighted by atomic mass is 9.95. The Bertz CT molecular complexity index is 710. The summed E-state index contributed by atoms with van der Waals surface area (Å²) in [5, 5.41) is 3.07. The smallest absolute Gasteiger partial charge is 0.321 e. The van der Waals surface area contributed by atoms with E-state index in [1.807, 2.05) is 6.07 Å². The van der Waals surface area contributed by atoms with Crippen LogP contribution in [0.25, 0.3) is 0 Å². The van der Waals surface area contributed by atoms with E-state index in [0.717, 1.165) is 18.5 Å². The molecule has 3 heterocycles. The quantitative estimate of drug-likeness (QED) is 0.823. The van der Waals surface area contributed by atoms with Crippen LogP contribution >= 0.6 is 11.6 Å². The number of amides is 2. The first-order valence-corrected chi connectivity index (χ1v) is 7.76. The SMILES string of the molecule is Nc1nccc([C@@H]2CCCN(C(=O)Nc3cccnc3Cl)C2)n1. The lowest BCUT2D eigenvalue weighted by molar-refractivity contribution is 0.192. The summed E-state index contributed by atoms with van der Waals surface area (Å²) in [6.45, 7) is 1.28. The molecule has 1 fully saturated rings. The van der Waals surface area contributed by atoms with Crippen LogP contribution in [0.3, 0.4) is 0 Å². The highest BCUT2D eigenvalue weighted by atomic mass is 35.5. The number of urea groups is 1. The van der Waals surface area contributed by atoms with E-state index in [9.17, 15) is 4.79 Å². The van der Waals surface area contributed by atoms with Crippen molar-refractivity contribution in [3.8, 4) is 0 Å². The third kappa shape index (κ3) is 3.68. The minimum absolute atomic E-state index is 0.157. The fraction of sp³-hybridized carbons (Fsp3) is 0.333. The third-order valence-corrected chi connectivity index (χ3v) is 4.12. The van der Waals surface area contributed by atoms with Crippen LogP contribution in [0.4, 0.5) is 16.4 Å². The van der Waals surface area contributed by atoms with Crippen LogP contribution < -0.4 is 11.1 Å². The predicted molar refractivity (Wildman–Crippen MR) is 88.3 cm³/mol. The van der Waals surface area contributed by atoms with Gasteiger partial charge in [-0.25, -0.2) is 19.7 Å². The zero-order chi connectivity index (χ0) is 16.2. The fourth-order valence-electron chi connectivity index (χ4n) is 2.69. The number of piperidine rings is 1. The molecule has 0 unspecified atom stereocenters. The number of likely N-dealkylation sites (tertiary alicyclic amines) is 1. The molecule has 1 aliphatic heterocycles. The maximum Gasteiger partial charge on any atom is 0.321 e. The average molecular weight is 333 g/mol. The molecule has 0 aromatic carbocycles. The number of carbonyl (C=O) groups is 1. The number of hydrogen-bond acceptors (Lipinski definition) is 5. The average Bonchev–Trinajstić information content (AvgIpc) is 2.57. The maximum atomic E-state index is 12.4. The summed E-state index contributed by atoms with van der Waals surface area (Å²) in [4.78, 5) is 26.3. The summed E-state index contributed by atoms with van der Waals surface area (Å²) in [5.41, 5.74) is 7.02. The van der Waals surface area contributed by atoms with Crippen molar-refractivity contribution in [2.45, 2.75) is 18.8 Å². The van der Waals surface area contributed by atoms with Gasteiger partial charge in [0.05, 0.1) is 11.4 Å². The Morgan fingerprint density at radius 1 is 1.35 bits per heavy atom. The van der Waals surface area contributed by atoms with E-state index in [2.05, 4.69) is 20.3 Å². The van der Waals surface area contributed by atoms with E-state index in [4.69, 9.17) is 17.3 Å². The second-order valence-electron chi connectivity index (χ2n) is 5.40. The number of nitrogens with one attached hydrogen (secondary N) is 1. The zero-order valence-electron chi connectivity index (χ0n) is 12.4. The molecule has 3 rings (SSSR count). The topological polar surface area (TPSA) is 97.0 Å². The molecule has 0 aliphatic carbocycles. The van der Waals surface area contributed by atoms with E-state index in [1.54, 1.807) is 29.4 Å². The number of nitrogens with zero attached hydrogens (tertiary/aromatic N) is 4. The molecule has 7 nitrogen and oxygen atoms in total. The molecule has 2 aromatic rings. The van der Waals surface area contributed by atoms with Crippen molar-refractivity contribution in [2.75, 3.05) is 24.1 Å². The molecule has 0 bridgehead atoms. The third-order valence-electron chi connectivity index (χ3n) is 3.82. The van der Waals surface area contributed by atoms with Crippen LogP contribution in [0.1, 0.15) is 24.5 Å². The van der Waals surface area contributed by atoms with Crippen molar-refractivity contribution in [3.63, 3.8) is 0 Å². The normalized spacial score (nSPS) is 17.8. The minimum Gasteiger partial charge on any atom is -0.368 e. The van der Waals surface area contributed by atoms with Gasteiger partial charge in [-0.1, -0.05) is 11.6 Å². The van der Waals surface area contributed by atoms with E-state index in [0.29, 0.717) is 18.8 Å². The molecule has 0 saturated carbocycles. The Labute approximate surface area is 138 Å². The van der Waals surface area contributed by atoms with Crippen LogP contribution in [-0.4, -0.2) is 39.0 Å². The van der Waals surface area contributed by atoms with Crippen LogP contribution in [-0.2, 0) is 0 Å². The second-order valence-corrected chi connectivity index (χ2v) is 5.75. The fourth-order valence-corrected chi connectivity index (χ4v) is 2.86. The summed E-state index contributed by atoms with van der Waals surface area (Å²) in [7, 11) is 0. The zero-order valence-corrected chi connectivity index (χ0v) is 13.2. The number of nitrogen functional groups attached to an aromatic ring is 1. The Hall–Kier alpha value is -2.41. The first-order chi connectivity index (χ1) is 11.1. The first-order valence-electron chi connectivity index (χ1n) is 7.38. The summed E-state index contributed by atoms with van der Waals surface area (Å²) < 4.78 is 0. The Morgan fingerprint density at radius 2 is 2.22 bits per heavy atom. The van der Waals surface area contributed by atoms with Crippen molar-refractivity contribution < 1.29 is 4.79 Å². The van der Waals surface area contributed by atoms with E-state index in [1.165, 1.54) is 0 Å². The molecular weight excluding hydrogens is 316 g/mol. The molecule has 1 saturated heterocycles. The summed E-state index contributed by atoms with van der Waals surface area (Å²) in [6, 6.07) is 5.11. The highest BCUT2D eigenvalue weighted by molar-refractivity contribution is 6.32. The summed E-state index contributed by atoms with van der Waals surface area (Å²) in [5.74, 6) is 0.412. The van der Waals surface area contributed by atoms with E-state index >= 15 is 0 Å². The van der Waals surface area contributed by atoms with Gasteiger partial charge in [-0.15, -0.1) is 0 Å². The van der Waals surface area contributed by atoms with Gasteiger partial charge in [0.2, 0.25) is 5.95 Å².